The fourth-order valence-electron chi connectivity index (χ4n) is 4.49. The van der Waals surface area contributed by atoms with Crippen LogP contribution >= 0.6 is 15.9 Å². The van der Waals surface area contributed by atoms with Gasteiger partial charge in [0.25, 0.3) is 0 Å². The van der Waals surface area contributed by atoms with E-state index < -0.39 is 58.4 Å². The number of aliphatic imine (C=N–C) groups is 1. The van der Waals surface area contributed by atoms with E-state index in [0.717, 1.165) is 12.3 Å². The van der Waals surface area contributed by atoms with Crippen molar-refractivity contribution in [2.24, 2.45) is 4.99 Å². The molecule has 3 rings (SSSR count). The average Bonchev–Trinajstić information content (AvgIpc) is 3.43. The number of halogens is 4. The molecule has 0 aromatic heterocycles. The molecule has 12 heteroatoms. The van der Waals surface area contributed by atoms with Crippen LogP contribution in [0.4, 0.5) is 23.7 Å². The van der Waals surface area contributed by atoms with Crippen molar-refractivity contribution in [2.45, 2.75) is 89.7 Å². The van der Waals surface area contributed by atoms with Gasteiger partial charge >= 0.3 is 18.2 Å². The normalized spacial score (nSPS) is 19.8. The van der Waals surface area contributed by atoms with Gasteiger partial charge in [-0.3, -0.25) is 14.7 Å². The highest BCUT2D eigenvalue weighted by atomic mass is 79.9. The van der Waals surface area contributed by atoms with Gasteiger partial charge in [0.2, 0.25) is 6.04 Å². The van der Waals surface area contributed by atoms with Gasteiger partial charge in [-0.05, 0) is 71.9 Å². The monoisotopic (exact) mass is 589 g/mol. The zero-order valence-electron chi connectivity index (χ0n) is 21.4. The summed E-state index contributed by atoms with van der Waals surface area (Å²) in [5.41, 5.74) is 3.24. The zero-order chi connectivity index (χ0) is 27.9. The first-order valence-electron chi connectivity index (χ1n) is 11.9. The van der Waals surface area contributed by atoms with Crippen LogP contribution in [0.5, 0.6) is 0 Å². The Labute approximate surface area is 221 Å². The van der Waals surface area contributed by atoms with Gasteiger partial charge in [0.05, 0.1) is 18.2 Å². The Balaban J connectivity index is 2.02. The van der Waals surface area contributed by atoms with Crippen LogP contribution in [0.3, 0.4) is 0 Å². The van der Waals surface area contributed by atoms with Crippen LogP contribution in [0.15, 0.2) is 15.5 Å². The van der Waals surface area contributed by atoms with E-state index in [1.165, 1.54) is 18.7 Å². The van der Waals surface area contributed by atoms with Gasteiger partial charge in [0.1, 0.15) is 5.60 Å². The lowest BCUT2D eigenvalue weighted by atomic mass is 10.0. The molecule has 1 saturated carbocycles. The van der Waals surface area contributed by atoms with Gasteiger partial charge in [-0.2, -0.15) is 13.2 Å². The predicted octanol–water partition coefficient (Wildman–Crippen LogP) is 5.21. The Hall–Kier alpha value is -2.63. The maximum absolute atomic E-state index is 13.8. The van der Waals surface area contributed by atoms with Crippen LogP contribution in [-0.2, 0) is 25.2 Å². The van der Waals surface area contributed by atoms with Crippen molar-refractivity contribution < 1.29 is 37.0 Å². The Morgan fingerprint density at radius 1 is 1.27 bits per heavy atom. The molecule has 2 aliphatic rings. The van der Waals surface area contributed by atoms with Crippen molar-refractivity contribution in [1.29, 1.82) is 0 Å². The molecule has 2 atom stereocenters. The largest absolute Gasteiger partial charge is 0.464 e. The minimum atomic E-state index is -4.77. The number of Topliss-reactive ketones (excluding diaryl/α,β-unsaturated/α-hetero) is 1. The number of nitrogens with zero attached hydrogens (tertiary/aromatic N) is 2. The first-order chi connectivity index (χ1) is 17.0. The highest BCUT2D eigenvalue weighted by molar-refractivity contribution is 9.10. The summed E-state index contributed by atoms with van der Waals surface area (Å²) in [7, 11) is 0. The lowest BCUT2D eigenvalue weighted by Gasteiger charge is -2.32. The highest BCUT2D eigenvalue weighted by Crippen LogP contribution is 2.52. The van der Waals surface area contributed by atoms with Gasteiger partial charge in [0, 0.05) is 27.5 Å². The number of nitrogens with two attached hydrogens (primary N) is 1. The molecule has 1 amide bonds. The standard InChI is InChI=1S/C25H31BrF3N3O5/c1-6-36-21(34)19(31-12-14-15(25(27,28)29)11-16(26)13(2)18(14)30)20(33)17-7-8-24(9-10-24)32(17)22(35)37-23(3,4)5/h11-12,17,19H,6-10,30H2,1-5H3/t17-,19?/m0/s1. The van der Waals surface area contributed by atoms with Gasteiger partial charge in [-0.15, -0.1) is 0 Å². The number of carbonyl (C=O) groups excluding carboxylic acids is 3. The van der Waals surface area contributed by atoms with Crippen LogP contribution in [0.25, 0.3) is 0 Å². The number of likely N-dealkylation sites (tertiary alicyclic amines) is 1. The van der Waals surface area contributed by atoms with Crippen LogP contribution in [0.1, 0.15) is 70.1 Å². The van der Waals surface area contributed by atoms with Crippen LogP contribution in [-0.4, -0.2) is 58.8 Å². The highest BCUT2D eigenvalue weighted by Gasteiger charge is 2.60. The van der Waals surface area contributed by atoms with Crippen molar-refractivity contribution in [3.63, 3.8) is 0 Å². The number of carbonyl (C=O) groups is 3. The third kappa shape index (κ3) is 6.10. The van der Waals surface area contributed by atoms with Crippen molar-refractivity contribution in [3.8, 4) is 0 Å². The molecule has 1 aromatic rings. The molecule has 1 aromatic carbocycles. The van der Waals surface area contributed by atoms with E-state index in [1.807, 2.05) is 0 Å². The molecule has 2 N–H and O–H groups in total. The molecule has 0 radical (unpaired) electrons. The number of esters is 1. The summed E-state index contributed by atoms with van der Waals surface area (Å²) in [4.78, 5) is 44.8. The molecule has 1 heterocycles. The molecular formula is C25H31BrF3N3O5. The minimum Gasteiger partial charge on any atom is -0.464 e. The second kappa shape index (κ2) is 10.3. The van der Waals surface area contributed by atoms with Crippen molar-refractivity contribution in [2.75, 3.05) is 12.3 Å². The van der Waals surface area contributed by atoms with Crippen molar-refractivity contribution in [3.05, 3.63) is 27.2 Å². The number of hydrogen-bond acceptors (Lipinski definition) is 7. The topological polar surface area (TPSA) is 111 Å². The fourth-order valence-corrected chi connectivity index (χ4v) is 4.93. The minimum absolute atomic E-state index is 0.0736. The Morgan fingerprint density at radius 3 is 2.41 bits per heavy atom. The van der Waals surface area contributed by atoms with Gasteiger partial charge in [-0.25, -0.2) is 9.59 Å². The Kier molecular flexibility index (Phi) is 8.03. The molecular weight excluding hydrogens is 559 g/mol. The zero-order valence-corrected chi connectivity index (χ0v) is 23.0. The number of hydrogen-bond donors (Lipinski definition) is 1. The summed E-state index contributed by atoms with van der Waals surface area (Å²) in [6.07, 6.45) is -2.47. The number of nitrogen functional groups attached to an aromatic ring is 1. The number of ketones is 1. The smallest absolute Gasteiger partial charge is 0.417 e. The van der Waals surface area contributed by atoms with E-state index in [4.69, 9.17) is 15.2 Å². The number of rotatable bonds is 6. The van der Waals surface area contributed by atoms with Gasteiger partial charge in [0.15, 0.2) is 5.78 Å². The van der Waals surface area contributed by atoms with Gasteiger partial charge in [-0.1, -0.05) is 15.9 Å². The lowest BCUT2D eigenvalue weighted by Crippen LogP contribution is -2.51. The quantitative estimate of drug-likeness (QED) is 0.211. The number of anilines is 1. The molecule has 8 nitrogen and oxygen atoms in total. The molecule has 1 unspecified atom stereocenters. The summed E-state index contributed by atoms with van der Waals surface area (Å²) in [5, 5.41) is 0. The third-order valence-electron chi connectivity index (χ3n) is 6.50. The first-order valence-corrected chi connectivity index (χ1v) is 12.7. The van der Waals surface area contributed by atoms with Crippen molar-refractivity contribution >= 4 is 45.7 Å². The van der Waals surface area contributed by atoms with E-state index in [9.17, 15) is 27.6 Å². The number of amides is 1. The molecule has 0 bridgehead atoms. The first kappa shape index (κ1) is 28.9. The van der Waals surface area contributed by atoms with E-state index >= 15 is 0 Å². The number of alkyl halides is 3. The number of benzene rings is 1. The van der Waals surface area contributed by atoms with Crippen LogP contribution in [0.2, 0.25) is 0 Å². The summed E-state index contributed by atoms with van der Waals surface area (Å²) in [5.74, 6) is -1.77. The SMILES string of the molecule is CCOC(=O)C(N=Cc1c(C(F)(F)F)cc(Br)c(C)c1N)C(=O)[C@@H]1CCC2(CC2)N1C(=O)OC(C)(C)C. The summed E-state index contributed by atoms with van der Waals surface area (Å²) < 4.78 is 52.0. The summed E-state index contributed by atoms with van der Waals surface area (Å²) in [6, 6.07) is -1.95. The second-order valence-corrected chi connectivity index (χ2v) is 11.2. The van der Waals surface area contributed by atoms with Crippen LogP contribution < -0.4 is 5.73 Å². The Bertz CT molecular complexity index is 1130. The molecule has 2 fully saturated rings. The second-order valence-electron chi connectivity index (χ2n) is 10.3. The number of ether oxygens (including phenoxy) is 2. The summed E-state index contributed by atoms with van der Waals surface area (Å²) >= 11 is 3.07. The lowest BCUT2D eigenvalue weighted by molar-refractivity contribution is -0.148. The van der Waals surface area contributed by atoms with Gasteiger partial charge < -0.3 is 15.2 Å². The van der Waals surface area contributed by atoms with E-state index in [2.05, 4.69) is 20.9 Å². The molecule has 37 heavy (non-hydrogen) atoms. The maximum atomic E-state index is 13.8. The maximum Gasteiger partial charge on any atom is 0.417 e. The Morgan fingerprint density at radius 2 is 1.89 bits per heavy atom. The van der Waals surface area contributed by atoms with Crippen molar-refractivity contribution in [1.82, 2.24) is 4.90 Å². The molecule has 1 saturated heterocycles. The average molecular weight is 590 g/mol. The van der Waals surface area contributed by atoms with Crippen LogP contribution in [0, 0.1) is 6.92 Å². The molecule has 1 aliphatic heterocycles. The molecule has 1 spiro atoms. The summed E-state index contributed by atoms with van der Waals surface area (Å²) in [6.45, 7) is 8.08. The molecule has 204 valence electrons. The van der Waals surface area contributed by atoms with E-state index in [1.54, 1.807) is 20.8 Å². The molecule has 1 aliphatic carbocycles. The predicted molar refractivity (Wildman–Crippen MR) is 134 cm³/mol. The van der Waals surface area contributed by atoms with E-state index in [-0.39, 0.29) is 23.2 Å². The fraction of sp³-hybridized carbons (Fsp3) is 0.600. The van der Waals surface area contributed by atoms with E-state index in [0.29, 0.717) is 24.8 Å². The third-order valence-corrected chi connectivity index (χ3v) is 7.33.